The van der Waals surface area contributed by atoms with Crippen LogP contribution < -0.4 is 0 Å². The molecular weight excluding hydrogens is 340 g/mol. The summed E-state index contributed by atoms with van der Waals surface area (Å²) in [5.41, 5.74) is 2.58. The van der Waals surface area contributed by atoms with Crippen LogP contribution in [0.2, 0.25) is 0 Å². The van der Waals surface area contributed by atoms with Gasteiger partial charge in [-0.05, 0) is 92.3 Å². The molecule has 1 heteroatoms. The maximum absolute atomic E-state index is 10.8. The normalized spacial score (nSPS) is 45.1. The third-order valence-corrected chi connectivity index (χ3v) is 10.0. The van der Waals surface area contributed by atoms with Crippen LogP contribution in [0.4, 0.5) is 0 Å². The summed E-state index contributed by atoms with van der Waals surface area (Å²) in [6.45, 7) is 7.40. The molecule has 0 unspecified atom stereocenters. The van der Waals surface area contributed by atoms with E-state index >= 15 is 0 Å². The van der Waals surface area contributed by atoms with Gasteiger partial charge >= 0.3 is 0 Å². The molecule has 0 saturated heterocycles. The molecule has 3 fully saturated rings. The zero-order valence-corrected chi connectivity index (χ0v) is 19.0. The summed E-state index contributed by atoms with van der Waals surface area (Å²) in [7, 11) is 0. The largest absolute Gasteiger partial charge is 0.393 e. The van der Waals surface area contributed by atoms with Crippen molar-refractivity contribution >= 4 is 0 Å². The number of hydrogen-bond acceptors (Lipinski definition) is 1. The van der Waals surface area contributed by atoms with Crippen LogP contribution in [-0.4, -0.2) is 11.2 Å². The van der Waals surface area contributed by atoms with Gasteiger partial charge in [-0.15, -0.1) is 0 Å². The first kappa shape index (κ1) is 21.0. The van der Waals surface area contributed by atoms with E-state index in [1.54, 1.807) is 0 Å². The van der Waals surface area contributed by atoms with E-state index in [9.17, 15) is 5.11 Å². The highest BCUT2D eigenvalue weighted by atomic mass is 16.3. The molecule has 0 aromatic rings. The van der Waals surface area contributed by atoms with Gasteiger partial charge in [0.1, 0.15) is 0 Å². The Morgan fingerprint density at radius 3 is 2.57 bits per heavy atom. The van der Waals surface area contributed by atoms with Crippen LogP contribution in [-0.2, 0) is 0 Å². The van der Waals surface area contributed by atoms with Crippen LogP contribution in [0, 0.1) is 34.5 Å². The van der Waals surface area contributed by atoms with E-state index in [4.69, 9.17) is 0 Å². The van der Waals surface area contributed by atoms with Crippen LogP contribution in [0.5, 0.6) is 0 Å². The van der Waals surface area contributed by atoms with Crippen molar-refractivity contribution in [3.63, 3.8) is 0 Å². The summed E-state index contributed by atoms with van der Waals surface area (Å²) in [6.07, 6.45) is 23.2. The van der Waals surface area contributed by atoms with Crippen molar-refractivity contribution in [3.8, 4) is 0 Å². The van der Waals surface area contributed by atoms with Gasteiger partial charge in [0, 0.05) is 0 Å². The molecule has 1 nitrogen and oxygen atoms in total. The number of allylic oxidation sites excluding steroid dienone is 2. The highest BCUT2D eigenvalue weighted by molar-refractivity contribution is 5.26. The highest BCUT2D eigenvalue weighted by Crippen LogP contribution is 2.66. The fourth-order valence-corrected chi connectivity index (χ4v) is 8.42. The molecule has 7 atom stereocenters. The van der Waals surface area contributed by atoms with E-state index in [0.29, 0.717) is 5.41 Å². The van der Waals surface area contributed by atoms with E-state index in [0.717, 1.165) is 30.1 Å². The summed E-state index contributed by atoms with van der Waals surface area (Å²) in [6, 6.07) is 0. The van der Waals surface area contributed by atoms with Gasteiger partial charge in [-0.3, -0.25) is 0 Å². The molecule has 1 N–H and O–H groups in total. The monoisotopic (exact) mass is 386 g/mol. The molecule has 4 aliphatic rings. The van der Waals surface area contributed by atoms with Gasteiger partial charge in [0.05, 0.1) is 6.10 Å². The predicted octanol–water partition coefficient (Wildman–Crippen LogP) is 7.68. The minimum atomic E-state index is -0.0356. The number of aliphatic hydroxyl groups is 1. The van der Waals surface area contributed by atoms with Crippen LogP contribution in [0.3, 0.4) is 0 Å². The Hall–Kier alpha value is -0.300. The van der Waals surface area contributed by atoms with Crippen molar-refractivity contribution in [1.29, 1.82) is 0 Å². The molecule has 4 aliphatic carbocycles. The second-order valence-electron chi connectivity index (χ2n) is 11.5. The summed E-state index contributed by atoms with van der Waals surface area (Å²) in [5.74, 6) is 3.40. The van der Waals surface area contributed by atoms with Crippen molar-refractivity contribution < 1.29 is 5.11 Å². The van der Waals surface area contributed by atoms with Crippen LogP contribution >= 0.6 is 0 Å². The van der Waals surface area contributed by atoms with E-state index in [1.807, 2.05) is 5.57 Å². The van der Waals surface area contributed by atoms with Gasteiger partial charge in [0.2, 0.25) is 0 Å². The Morgan fingerprint density at radius 1 is 0.964 bits per heavy atom. The number of unbranched alkanes of at least 4 members (excludes halogenated alkanes) is 5. The molecule has 0 aromatic heterocycles. The summed E-state index contributed by atoms with van der Waals surface area (Å²) < 4.78 is 0. The fourth-order valence-electron chi connectivity index (χ4n) is 8.42. The Kier molecular flexibility index (Phi) is 6.32. The zero-order valence-electron chi connectivity index (χ0n) is 19.0. The van der Waals surface area contributed by atoms with Crippen LogP contribution in [0.25, 0.3) is 0 Å². The Balaban J connectivity index is 1.49. The number of aliphatic hydroxyl groups excluding tert-OH is 1. The molecule has 3 saturated carbocycles. The minimum Gasteiger partial charge on any atom is -0.393 e. The number of fused-ring (bicyclic) bond motifs is 5. The average Bonchev–Trinajstić information content (AvgIpc) is 2.99. The molecular formula is C27H46O. The average molecular weight is 387 g/mol. The molecule has 0 heterocycles. The second-order valence-corrected chi connectivity index (χ2v) is 11.5. The number of hydrogen-bond donors (Lipinski definition) is 1. The molecule has 4 rings (SSSR count). The molecule has 0 aromatic carbocycles. The topological polar surface area (TPSA) is 20.2 Å². The molecule has 0 radical (unpaired) electrons. The minimum absolute atomic E-state index is 0.0356. The van der Waals surface area contributed by atoms with Crippen LogP contribution in [0.1, 0.15) is 117 Å². The Morgan fingerprint density at radius 2 is 1.75 bits per heavy atom. The molecule has 160 valence electrons. The summed E-state index contributed by atoms with van der Waals surface area (Å²) in [4.78, 5) is 0. The maximum Gasteiger partial charge on any atom is 0.0596 e. The van der Waals surface area contributed by atoms with Gasteiger partial charge in [-0.2, -0.15) is 0 Å². The van der Waals surface area contributed by atoms with E-state index in [-0.39, 0.29) is 11.5 Å². The lowest BCUT2D eigenvalue weighted by atomic mass is 9.45. The second kappa shape index (κ2) is 8.44. The van der Waals surface area contributed by atoms with E-state index < -0.39 is 0 Å². The lowest BCUT2D eigenvalue weighted by Crippen LogP contribution is -2.52. The van der Waals surface area contributed by atoms with Gasteiger partial charge in [-0.25, -0.2) is 0 Å². The lowest BCUT2D eigenvalue weighted by Gasteiger charge is -2.60. The quantitative estimate of drug-likeness (QED) is 0.351. The Labute approximate surface area is 174 Å². The van der Waals surface area contributed by atoms with Crippen molar-refractivity contribution in [1.82, 2.24) is 0 Å². The third kappa shape index (κ3) is 3.52. The van der Waals surface area contributed by atoms with Gasteiger partial charge in [-0.1, -0.05) is 70.9 Å². The molecule has 0 spiro atoms. The molecule has 0 amide bonds. The van der Waals surface area contributed by atoms with Gasteiger partial charge in [0.15, 0.2) is 0 Å². The van der Waals surface area contributed by atoms with E-state index in [2.05, 4.69) is 26.8 Å². The van der Waals surface area contributed by atoms with E-state index in [1.165, 1.54) is 89.9 Å². The lowest BCUT2D eigenvalue weighted by molar-refractivity contribution is -0.0832. The third-order valence-electron chi connectivity index (χ3n) is 10.0. The van der Waals surface area contributed by atoms with Crippen LogP contribution in [0.15, 0.2) is 11.6 Å². The molecule has 0 bridgehead atoms. The standard InChI is InChI=1S/C27H46O/c1-4-5-6-7-8-9-12-20-19-21-23-14-15-25(28)27(23,3)18-16-24(21)26(2)17-11-10-13-22(20)26/h13,20-21,23-25,28H,4-12,14-19H2,1-3H3/t20-,21-,23-,24-,25-,26-,27-/m0/s1. The summed E-state index contributed by atoms with van der Waals surface area (Å²) in [5, 5.41) is 10.8. The predicted molar refractivity (Wildman–Crippen MR) is 119 cm³/mol. The first-order valence-electron chi connectivity index (χ1n) is 12.9. The van der Waals surface area contributed by atoms with Gasteiger partial charge < -0.3 is 5.11 Å². The SMILES string of the molecule is CCCCCCCC[C@H]1C[C@H]2[C@@H]3CC[C@H](O)[C@@]3(C)CC[C@@H]2[C@@]2(C)CCCC=C12. The smallest absolute Gasteiger partial charge is 0.0596 e. The van der Waals surface area contributed by atoms with Crippen molar-refractivity contribution in [3.05, 3.63) is 11.6 Å². The fraction of sp³-hybridized carbons (Fsp3) is 0.926. The van der Waals surface area contributed by atoms with Crippen molar-refractivity contribution in [2.45, 2.75) is 123 Å². The molecule has 28 heavy (non-hydrogen) atoms. The van der Waals surface area contributed by atoms with Crippen molar-refractivity contribution in [2.75, 3.05) is 0 Å². The van der Waals surface area contributed by atoms with Gasteiger partial charge in [0.25, 0.3) is 0 Å². The first-order valence-corrected chi connectivity index (χ1v) is 12.9. The summed E-state index contributed by atoms with van der Waals surface area (Å²) >= 11 is 0. The van der Waals surface area contributed by atoms with Crippen molar-refractivity contribution in [2.24, 2.45) is 34.5 Å². The highest BCUT2D eigenvalue weighted by Gasteiger charge is 2.59. The zero-order chi connectivity index (χ0) is 19.8. The first-order chi connectivity index (χ1) is 13.5. The number of rotatable bonds is 7. The maximum atomic E-state index is 10.8. The Bertz CT molecular complexity index is 565. The molecule has 0 aliphatic heterocycles.